The molecule has 3 amide bonds. The number of carbonyl (C=O) groups is 3. The summed E-state index contributed by atoms with van der Waals surface area (Å²) in [5.74, 6) is -0.691. The molecule has 5 rings (SSSR count). The van der Waals surface area contributed by atoms with Crippen molar-refractivity contribution in [2.45, 2.75) is 54.7 Å². The van der Waals surface area contributed by atoms with Gasteiger partial charge in [0.1, 0.15) is 11.8 Å². The van der Waals surface area contributed by atoms with E-state index in [4.69, 9.17) is 4.74 Å². The van der Waals surface area contributed by atoms with Gasteiger partial charge in [-0.15, -0.1) is 24.9 Å². The van der Waals surface area contributed by atoms with Crippen LogP contribution < -0.4 is 9.64 Å². The lowest BCUT2D eigenvalue weighted by atomic mass is 9.70. The van der Waals surface area contributed by atoms with Gasteiger partial charge in [0.25, 0.3) is 5.91 Å². The fraction of sp³-hybridized carbons (Fsp3) is 0.457. The van der Waals surface area contributed by atoms with Crippen molar-refractivity contribution in [3.05, 3.63) is 85.5 Å². The Bertz CT molecular complexity index is 1350. The molecule has 3 saturated heterocycles. The predicted molar refractivity (Wildman–Crippen MR) is 174 cm³/mol. The molecule has 234 valence electrons. The number of aliphatic hydroxyl groups is 1. The number of likely N-dealkylation sites (tertiary alicyclic amines) is 1. The van der Waals surface area contributed by atoms with Crippen LogP contribution in [-0.4, -0.2) is 82.0 Å². The second kappa shape index (κ2) is 14.0. The lowest BCUT2D eigenvalue weighted by Gasteiger charge is -2.37. The molecular weight excluding hydrogens is 574 g/mol. The van der Waals surface area contributed by atoms with E-state index in [1.807, 2.05) is 54.6 Å². The zero-order chi connectivity index (χ0) is 31.3. The fourth-order valence-corrected chi connectivity index (χ4v) is 9.50. The molecule has 44 heavy (non-hydrogen) atoms. The molecule has 3 heterocycles. The summed E-state index contributed by atoms with van der Waals surface area (Å²) in [4.78, 5) is 48.8. The number of rotatable bonds is 15. The van der Waals surface area contributed by atoms with E-state index in [2.05, 4.69) is 13.2 Å². The molecule has 5 atom stereocenters. The number of fused-ring (bicyclic) bond motifs is 1. The summed E-state index contributed by atoms with van der Waals surface area (Å²) < 4.78 is 4.64. The zero-order valence-electron chi connectivity index (χ0n) is 25.5. The van der Waals surface area contributed by atoms with Gasteiger partial charge in [0.05, 0.1) is 23.7 Å². The standard InChI is InChI=1S/C35H43N3O5S/c1-4-20-36(24-25-12-8-6-9-13-25)32(40)29-28-18-19-35(44-28)30(29)33(41)38(22-10-7-11-23-39)31(35)34(42)37(21-5-2)26-14-16-27(43-3)17-15-26/h4-6,8-9,12-17,28-31,39H,1-2,7,10-11,18-24H2,3H3/t28-,29+,30-,31?,35?/m0/s1. The molecule has 9 heteroatoms. The Morgan fingerprint density at radius 1 is 1.05 bits per heavy atom. The molecule has 1 N–H and O–H groups in total. The third-order valence-electron chi connectivity index (χ3n) is 9.22. The van der Waals surface area contributed by atoms with Gasteiger partial charge in [0, 0.05) is 43.7 Å². The average molecular weight is 618 g/mol. The minimum Gasteiger partial charge on any atom is -0.497 e. The van der Waals surface area contributed by atoms with Crippen molar-refractivity contribution in [3.63, 3.8) is 0 Å². The first-order valence-electron chi connectivity index (χ1n) is 15.5. The Morgan fingerprint density at radius 3 is 2.43 bits per heavy atom. The molecule has 1 spiro atoms. The molecule has 3 aliphatic rings. The van der Waals surface area contributed by atoms with E-state index >= 15 is 0 Å². The van der Waals surface area contributed by atoms with Gasteiger partial charge < -0.3 is 24.5 Å². The third kappa shape index (κ3) is 5.92. The molecule has 0 radical (unpaired) electrons. The van der Waals surface area contributed by atoms with E-state index in [0.29, 0.717) is 50.3 Å². The van der Waals surface area contributed by atoms with Crippen molar-refractivity contribution in [1.82, 2.24) is 9.80 Å². The Hall–Kier alpha value is -3.56. The first kappa shape index (κ1) is 31.9. The van der Waals surface area contributed by atoms with E-state index in [1.54, 1.807) is 45.7 Å². The van der Waals surface area contributed by atoms with Gasteiger partial charge in [-0.25, -0.2) is 0 Å². The molecule has 3 fully saturated rings. The Kier molecular flexibility index (Phi) is 10.2. The summed E-state index contributed by atoms with van der Waals surface area (Å²) >= 11 is 1.68. The number of carbonyl (C=O) groups excluding carboxylic acids is 3. The highest BCUT2D eigenvalue weighted by atomic mass is 32.2. The Labute approximate surface area is 264 Å². The third-order valence-corrected chi connectivity index (χ3v) is 11.2. The number of aliphatic hydroxyl groups excluding tert-OH is 1. The van der Waals surface area contributed by atoms with Gasteiger partial charge in [-0.1, -0.05) is 42.5 Å². The molecule has 8 nitrogen and oxygen atoms in total. The van der Waals surface area contributed by atoms with Gasteiger partial charge in [-0.05, 0) is 61.9 Å². The molecule has 2 unspecified atom stereocenters. The minimum absolute atomic E-state index is 0.0276. The van der Waals surface area contributed by atoms with E-state index in [9.17, 15) is 19.5 Å². The van der Waals surface area contributed by atoms with Crippen molar-refractivity contribution >= 4 is 35.2 Å². The van der Waals surface area contributed by atoms with Crippen molar-refractivity contribution in [2.75, 3.05) is 38.3 Å². The first-order chi connectivity index (χ1) is 21.4. The second-order valence-corrected chi connectivity index (χ2v) is 13.4. The van der Waals surface area contributed by atoms with Crippen LogP contribution in [0.5, 0.6) is 5.75 Å². The number of amides is 3. The highest BCUT2D eigenvalue weighted by molar-refractivity contribution is 8.02. The van der Waals surface area contributed by atoms with Crippen molar-refractivity contribution in [1.29, 1.82) is 0 Å². The highest BCUT2D eigenvalue weighted by Crippen LogP contribution is 2.66. The summed E-state index contributed by atoms with van der Waals surface area (Å²) in [5.41, 5.74) is 1.72. The van der Waals surface area contributed by atoms with Gasteiger partial charge >= 0.3 is 0 Å². The Balaban J connectivity index is 1.50. The van der Waals surface area contributed by atoms with Crippen molar-refractivity contribution in [2.24, 2.45) is 11.8 Å². The van der Waals surface area contributed by atoms with Crippen LogP contribution in [0.15, 0.2) is 79.9 Å². The van der Waals surface area contributed by atoms with Gasteiger partial charge in [-0.2, -0.15) is 0 Å². The monoisotopic (exact) mass is 617 g/mol. The number of benzene rings is 2. The van der Waals surface area contributed by atoms with Gasteiger partial charge in [0.2, 0.25) is 11.8 Å². The van der Waals surface area contributed by atoms with Crippen LogP contribution in [0.2, 0.25) is 0 Å². The number of anilines is 1. The Morgan fingerprint density at radius 2 is 1.77 bits per heavy atom. The number of unbranched alkanes of at least 4 members (excludes halogenated alkanes) is 2. The van der Waals surface area contributed by atoms with Gasteiger partial charge in [-0.3, -0.25) is 14.4 Å². The second-order valence-electron chi connectivity index (χ2n) is 11.8. The van der Waals surface area contributed by atoms with Crippen LogP contribution in [0.3, 0.4) is 0 Å². The smallest absolute Gasteiger partial charge is 0.251 e. The number of hydrogen-bond donors (Lipinski definition) is 1. The van der Waals surface area contributed by atoms with Crippen LogP contribution in [0, 0.1) is 11.8 Å². The van der Waals surface area contributed by atoms with Gasteiger partial charge in [0.15, 0.2) is 0 Å². The van der Waals surface area contributed by atoms with Crippen LogP contribution in [-0.2, 0) is 20.9 Å². The highest BCUT2D eigenvalue weighted by Gasteiger charge is 2.74. The number of thioether (sulfide) groups is 1. The van der Waals surface area contributed by atoms with E-state index in [0.717, 1.165) is 18.4 Å². The summed E-state index contributed by atoms with van der Waals surface area (Å²) in [6, 6.07) is 16.5. The molecule has 0 saturated carbocycles. The van der Waals surface area contributed by atoms with Crippen LogP contribution >= 0.6 is 11.8 Å². The van der Waals surface area contributed by atoms with Crippen molar-refractivity contribution < 1.29 is 24.2 Å². The van der Waals surface area contributed by atoms with Crippen molar-refractivity contribution in [3.8, 4) is 5.75 Å². The predicted octanol–water partition coefficient (Wildman–Crippen LogP) is 4.68. The molecule has 0 aromatic heterocycles. The normalized spacial score (nSPS) is 25.0. The number of nitrogens with zero attached hydrogens (tertiary/aromatic N) is 3. The van der Waals surface area contributed by atoms with Crippen LogP contribution in [0.1, 0.15) is 37.7 Å². The lowest BCUT2D eigenvalue weighted by molar-refractivity contribution is -0.144. The SMILES string of the molecule is C=CCN(Cc1ccccc1)C(=O)[C@@H]1[C@@H]2CCC3(S2)C(C(=O)N(CC=C)c2ccc(OC)cc2)N(CCCCCO)C(=O)[C@H]13. The van der Waals surface area contributed by atoms with E-state index < -0.39 is 22.6 Å². The maximum absolute atomic E-state index is 14.7. The number of ether oxygens (including phenoxy) is 1. The molecule has 2 aromatic rings. The summed E-state index contributed by atoms with van der Waals surface area (Å²) in [7, 11) is 1.60. The quantitative estimate of drug-likeness (QED) is 0.231. The number of hydrogen-bond acceptors (Lipinski definition) is 6. The maximum atomic E-state index is 14.7. The summed E-state index contributed by atoms with van der Waals surface area (Å²) in [5, 5.41) is 9.32. The first-order valence-corrected chi connectivity index (χ1v) is 16.4. The molecular formula is C35H43N3O5S. The minimum atomic E-state index is -0.703. The van der Waals surface area contributed by atoms with Crippen LogP contribution in [0.4, 0.5) is 5.69 Å². The van der Waals surface area contributed by atoms with E-state index in [1.165, 1.54) is 0 Å². The average Bonchev–Trinajstić information content (AvgIpc) is 3.69. The van der Waals surface area contributed by atoms with Crippen LogP contribution in [0.25, 0.3) is 0 Å². The zero-order valence-corrected chi connectivity index (χ0v) is 26.3. The largest absolute Gasteiger partial charge is 0.497 e. The number of methoxy groups -OCH3 is 1. The molecule has 3 aliphatic heterocycles. The molecule has 2 bridgehead atoms. The summed E-state index contributed by atoms with van der Waals surface area (Å²) in [6.45, 7) is 9.40. The fourth-order valence-electron chi connectivity index (χ4n) is 7.29. The summed E-state index contributed by atoms with van der Waals surface area (Å²) in [6.07, 6.45) is 6.97. The lowest BCUT2D eigenvalue weighted by Crippen LogP contribution is -2.55. The topological polar surface area (TPSA) is 90.4 Å². The molecule has 0 aliphatic carbocycles. The van der Waals surface area contributed by atoms with E-state index in [-0.39, 0.29) is 36.1 Å². The molecule has 2 aromatic carbocycles. The maximum Gasteiger partial charge on any atom is 0.251 e.